The quantitative estimate of drug-likeness (QED) is 0.695. The summed E-state index contributed by atoms with van der Waals surface area (Å²) in [4.78, 5) is 12.3. The third-order valence-electron chi connectivity index (χ3n) is 4.09. The van der Waals surface area contributed by atoms with Crippen molar-refractivity contribution >= 4 is 21.7 Å². The van der Waals surface area contributed by atoms with Crippen molar-refractivity contribution in [2.24, 2.45) is 0 Å². The molecule has 2 aromatic carbocycles. The molecule has 0 radical (unpaired) electrons. The molecule has 0 saturated carbocycles. The summed E-state index contributed by atoms with van der Waals surface area (Å²) in [7, 11) is -2.21. The average Bonchev–Trinajstić information content (AvgIpc) is 2.62. The Hall–Kier alpha value is -2.38. The average molecular weight is 375 g/mol. The van der Waals surface area contributed by atoms with Crippen molar-refractivity contribution in [3.05, 3.63) is 59.7 Å². The number of nitrogens with one attached hydrogen (secondary N) is 3. The fourth-order valence-electron chi connectivity index (χ4n) is 2.57. The van der Waals surface area contributed by atoms with Gasteiger partial charge in [-0.25, -0.2) is 17.9 Å². The standard InChI is InChI=1S/C19H25N3O3S/c1-14-9-12-17(13-18(14)26(24,25)20-3)22-19(23)21-15(2)10-11-16-7-5-4-6-8-16/h4-9,12-13,15,20H,10-11H2,1-3H3,(H2,21,22,23). The van der Waals surface area contributed by atoms with Crippen LogP contribution in [0.2, 0.25) is 0 Å². The molecule has 0 bridgehead atoms. The maximum atomic E-state index is 12.2. The summed E-state index contributed by atoms with van der Waals surface area (Å²) in [5, 5.41) is 5.56. The van der Waals surface area contributed by atoms with Crippen LogP contribution in [-0.2, 0) is 16.4 Å². The van der Waals surface area contributed by atoms with E-state index < -0.39 is 10.0 Å². The van der Waals surface area contributed by atoms with E-state index in [0.29, 0.717) is 11.3 Å². The Kier molecular flexibility index (Phi) is 6.76. The first-order valence-electron chi connectivity index (χ1n) is 8.47. The summed E-state index contributed by atoms with van der Waals surface area (Å²) in [6.45, 7) is 3.65. The largest absolute Gasteiger partial charge is 0.335 e. The number of amides is 2. The lowest BCUT2D eigenvalue weighted by molar-refractivity contribution is 0.248. The van der Waals surface area contributed by atoms with E-state index >= 15 is 0 Å². The monoisotopic (exact) mass is 375 g/mol. The van der Waals surface area contributed by atoms with E-state index in [1.54, 1.807) is 19.1 Å². The molecule has 140 valence electrons. The van der Waals surface area contributed by atoms with Crippen LogP contribution in [-0.4, -0.2) is 27.5 Å². The smallest absolute Gasteiger partial charge is 0.319 e. The Morgan fingerprint density at radius 1 is 1.12 bits per heavy atom. The first kappa shape index (κ1) is 19.9. The van der Waals surface area contributed by atoms with Crippen LogP contribution in [0.15, 0.2) is 53.4 Å². The van der Waals surface area contributed by atoms with Gasteiger partial charge in [-0.3, -0.25) is 0 Å². The van der Waals surface area contributed by atoms with Crippen LogP contribution in [0, 0.1) is 6.92 Å². The summed E-state index contributed by atoms with van der Waals surface area (Å²) < 4.78 is 26.3. The van der Waals surface area contributed by atoms with Crippen molar-refractivity contribution < 1.29 is 13.2 Å². The Bertz CT molecular complexity index is 852. The molecule has 26 heavy (non-hydrogen) atoms. The van der Waals surface area contributed by atoms with Crippen molar-refractivity contribution in [2.45, 2.75) is 37.6 Å². The second-order valence-corrected chi connectivity index (χ2v) is 8.07. The van der Waals surface area contributed by atoms with E-state index in [1.165, 1.54) is 18.7 Å². The third-order valence-corrected chi connectivity index (χ3v) is 5.65. The highest BCUT2D eigenvalue weighted by molar-refractivity contribution is 7.89. The first-order valence-corrected chi connectivity index (χ1v) is 9.96. The number of carbonyl (C=O) groups is 1. The van der Waals surface area contributed by atoms with Crippen molar-refractivity contribution in [1.82, 2.24) is 10.0 Å². The number of rotatable bonds is 7. The summed E-state index contributed by atoms with van der Waals surface area (Å²) in [5.41, 5.74) is 2.26. The zero-order valence-electron chi connectivity index (χ0n) is 15.2. The molecule has 1 unspecified atom stereocenters. The van der Waals surface area contributed by atoms with Crippen LogP contribution < -0.4 is 15.4 Å². The molecule has 0 fully saturated rings. The van der Waals surface area contributed by atoms with Gasteiger partial charge in [0.2, 0.25) is 10.0 Å². The maximum Gasteiger partial charge on any atom is 0.319 e. The molecular formula is C19H25N3O3S. The van der Waals surface area contributed by atoms with E-state index in [0.717, 1.165) is 12.8 Å². The van der Waals surface area contributed by atoms with E-state index in [1.807, 2.05) is 25.1 Å². The minimum absolute atomic E-state index is 0.0128. The summed E-state index contributed by atoms with van der Waals surface area (Å²) in [6, 6.07) is 14.5. The number of hydrogen-bond acceptors (Lipinski definition) is 3. The van der Waals surface area contributed by atoms with Gasteiger partial charge in [0.05, 0.1) is 4.90 Å². The van der Waals surface area contributed by atoms with E-state index in [4.69, 9.17) is 0 Å². The highest BCUT2D eigenvalue weighted by atomic mass is 32.2. The van der Waals surface area contributed by atoms with Crippen molar-refractivity contribution in [1.29, 1.82) is 0 Å². The molecular weight excluding hydrogens is 350 g/mol. The lowest BCUT2D eigenvalue weighted by atomic mass is 10.1. The van der Waals surface area contributed by atoms with Gasteiger partial charge in [-0.2, -0.15) is 0 Å². The SMILES string of the molecule is CNS(=O)(=O)c1cc(NC(=O)NC(C)CCc2ccccc2)ccc1C. The normalized spacial score (nSPS) is 12.4. The fraction of sp³-hybridized carbons (Fsp3) is 0.316. The van der Waals surface area contributed by atoms with Crippen LogP contribution in [0.4, 0.5) is 10.5 Å². The Labute approximate surface area is 155 Å². The van der Waals surface area contributed by atoms with Crippen LogP contribution in [0.3, 0.4) is 0 Å². The highest BCUT2D eigenvalue weighted by Gasteiger charge is 2.16. The van der Waals surface area contributed by atoms with Crippen molar-refractivity contribution in [3.8, 4) is 0 Å². The molecule has 7 heteroatoms. The number of aryl methyl sites for hydroxylation is 2. The molecule has 0 heterocycles. The van der Waals surface area contributed by atoms with E-state index in [-0.39, 0.29) is 17.0 Å². The van der Waals surface area contributed by atoms with Crippen molar-refractivity contribution in [2.75, 3.05) is 12.4 Å². The predicted octanol–water partition coefficient (Wildman–Crippen LogP) is 3.05. The molecule has 0 aliphatic heterocycles. The minimum Gasteiger partial charge on any atom is -0.335 e. The first-order chi connectivity index (χ1) is 12.3. The van der Waals surface area contributed by atoms with Crippen LogP contribution in [0.5, 0.6) is 0 Å². The van der Waals surface area contributed by atoms with Crippen LogP contribution in [0.25, 0.3) is 0 Å². The molecule has 0 spiro atoms. The van der Waals surface area contributed by atoms with Gasteiger partial charge in [0.1, 0.15) is 0 Å². The van der Waals surface area contributed by atoms with Gasteiger partial charge in [-0.15, -0.1) is 0 Å². The Morgan fingerprint density at radius 2 is 1.81 bits per heavy atom. The van der Waals surface area contributed by atoms with Gasteiger partial charge >= 0.3 is 6.03 Å². The predicted molar refractivity (Wildman–Crippen MR) is 104 cm³/mol. The van der Waals surface area contributed by atoms with Gasteiger partial charge in [0.15, 0.2) is 0 Å². The van der Waals surface area contributed by atoms with Gasteiger partial charge in [0, 0.05) is 11.7 Å². The third kappa shape index (κ3) is 5.57. The van der Waals surface area contributed by atoms with Crippen LogP contribution in [0.1, 0.15) is 24.5 Å². The number of urea groups is 1. The zero-order chi connectivity index (χ0) is 19.2. The second kappa shape index (κ2) is 8.82. The lowest BCUT2D eigenvalue weighted by Crippen LogP contribution is -2.36. The molecule has 0 aromatic heterocycles. The van der Waals surface area contributed by atoms with Gasteiger partial charge in [-0.05, 0) is 57.0 Å². The van der Waals surface area contributed by atoms with Gasteiger partial charge < -0.3 is 10.6 Å². The molecule has 6 nitrogen and oxygen atoms in total. The molecule has 0 saturated heterocycles. The second-order valence-electron chi connectivity index (χ2n) is 6.21. The molecule has 0 aliphatic carbocycles. The number of anilines is 1. The summed E-state index contributed by atoms with van der Waals surface area (Å²) in [6.07, 6.45) is 1.68. The lowest BCUT2D eigenvalue weighted by Gasteiger charge is -2.15. The molecule has 0 aliphatic rings. The molecule has 3 N–H and O–H groups in total. The van der Waals surface area contributed by atoms with Gasteiger partial charge in [0.25, 0.3) is 0 Å². The fourth-order valence-corrected chi connectivity index (χ4v) is 3.56. The Morgan fingerprint density at radius 3 is 2.46 bits per heavy atom. The number of hydrogen-bond donors (Lipinski definition) is 3. The molecule has 2 amide bonds. The Balaban J connectivity index is 1.94. The minimum atomic E-state index is -3.57. The zero-order valence-corrected chi connectivity index (χ0v) is 16.1. The molecule has 2 aromatic rings. The van der Waals surface area contributed by atoms with Crippen LogP contribution >= 0.6 is 0 Å². The summed E-state index contributed by atoms with van der Waals surface area (Å²) >= 11 is 0. The van der Waals surface area contributed by atoms with Crippen molar-refractivity contribution in [3.63, 3.8) is 0 Å². The highest BCUT2D eigenvalue weighted by Crippen LogP contribution is 2.20. The van der Waals surface area contributed by atoms with E-state index in [2.05, 4.69) is 27.5 Å². The summed E-state index contributed by atoms with van der Waals surface area (Å²) in [5.74, 6) is 0. The number of benzene rings is 2. The maximum absolute atomic E-state index is 12.2. The number of sulfonamides is 1. The topological polar surface area (TPSA) is 87.3 Å². The molecule has 2 rings (SSSR count). The van der Waals surface area contributed by atoms with Gasteiger partial charge in [-0.1, -0.05) is 36.4 Å². The number of carbonyl (C=O) groups excluding carboxylic acids is 1. The van der Waals surface area contributed by atoms with E-state index in [9.17, 15) is 13.2 Å². The molecule has 1 atom stereocenters.